The van der Waals surface area contributed by atoms with Crippen molar-refractivity contribution < 1.29 is 4.39 Å². The highest BCUT2D eigenvalue weighted by atomic mass is 79.9. The SMILES string of the molecule is Fc1ccc(-n2ncc3cc(Br)ccc32)cc1. The second kappa shape index (κ2) is 3.96. The molecule has 4 heteroatoms. The van der Waals surface area contributed by atoms with Gasteiger partial charge in [0.2, 0.25) is 0 Å². The molecule has 0 N–H and O–H groups in total. The minimum absolute atomic E-state index is 0.243. The minimum atomic E-state index is -0.243. The Balaban J connectivity index is 2.21. The maximum atomic E-state index is 12.9. The number of rotatable bonds is 1. The molecule has 0 fully saturated rings. The van der Waals surface area contributed by atoms with E-state index in [-0.39, 0.29) is 5.82 Å². The molecule has 0 spiro atoms. The predicted octanol–water partition coefficient (Wildman–Crippen LogP) is 3.93. The summed E-state index contributed by atoms with van der Waals surface area (Å²) in [6.07, 6.45) is 1.80. The molecule has 0 aliphatic carbocycles. The Kier molecular flexibility index (Phi) is 2.44. The van der Waals surface area contributed by atoms with E-state index in [2.05, 4.69) is 21.0 Å². The van der Waals surface area contributed by atoms with Gasteiger partial charge >= 0.3 is 0 Å². The Morgan fingerprint density at radius 1 is 1.06 bits per heavy atom. The molecular formula is C13H8BrFN2. The quantitative estimate of drug-likeness (QED) is 0.664. The van der Waals surface area contributed by atoms with Crippen LogP contribution in [0.25, 0.3) is 16.6 Å². The summed E-state index contributed by atoms with van der Waals surface area (Å²) < 4.78 is 15.7. The predicted molar refractivity (Wildman–Crippen MR) is 68.7 cm³/mol. The van der Waals surface area contributed by atoms with E-state index >= 15 is 0 Å². The Hall–Kier alpha value is -1.68. The van der Waals surface area contributed by atoms with Crippen molar-refractivity contribution in [3.63, 3.8) is 0 Å². The second-order valence-corrected chi connectivity index (χ2v) is 4.65. The number of halogens is 2. The zero-order valence-electron chi connectivity index (χ0n) is 8.77. The maximum absolute atomic E-state index is 12.9. The zero-order valence-corrected chi connectivity index (χ0v) is 10.4. The second-order valence-electron chi connectivity index (χ2n) is 3.74. The van der Waals surface area contributed by atoms with E-state index in [0.29, 0.717) is 0 Å². The van der Waals surface area contributed by atoms with E-state index < -0.39 is 0 Å². The first-order chi connectivity index (χ1) is 8.24. The standard InChI is InChI=1S/C13H8BrFN2/c14-10-1-6-13-9(7-10)8-16-17(13)12-4-2-11(15)3-5-12/h1-8H. The van der Waals surface area contributed by atoms with Gasteiger partial charge in [0.1, 0.15) is 5.82 Å². The molecule has 0 aliphatic heterocycles. The highest BCUT2D eigenvalue weighted by Gasteiger charge is 2.04. The Bertz CT molecular complexity index is 673. The van der Waals surface area contributed by atoms with E-state index in [1.54, 1.807) is 23.0 Å². The van der Waals surface area contributed by atoms with Crippen LogP contribution in [0.1, 0.15) is 0 Å². The Morgan fingerprint density at radius 3 is 2.59 bits per heavy atom. The topological polar surface area (TPSA) is 17.8 Å². The van der Waals surface area contributed by atoms with Crippen LogP contribution in [0.3, 0.4) is 0 Å². The molecule has 2 nitrogen and oxygen atoms in total. The summed E-state index contributed by atoms with van der Waals surface area (Å²) in [5, 5.41) is 5.35. The molecule has 0 bridgehead atoms. The fraction of sp³-hybridized carbons (Fsp3) is 0. The van der Waals surface area contributed by atoms with Crippen molar-refractivity contribution in [2.45, 2.75) is 0 Å². The number of nitrogens with zero attached hydrogens (tertiary/aromatic N) is 2. The molecule has 0 aliphatic rings. The Morgan fingerprint density at radius 2 is 1.82 bits per heavy atom. The minimum Gasteiger partial charge on any atom is -0.233 e. The molecule has 17 heavy (non-hydrogen) atoms. The number of hydrogen-bond acceptors (Lipinski definition) is 1. The molecule has 1 aromatic heterocycles. The van der Waals surface area contributed by atoms with Crippen molar-refractivity contribution in [1.29, 1.82) is 0 Å². The van der Waals surface area contributed by atoms with Gasteiger partial charge in [-0.1, -0.05) is 15.9 Å². The molecule has 84 valence electrons. The summed E-state index contributed by atoms with van der Waals surface area (Å²) >= 11 is 3.42. The average molecular weight is 291 g/mol. The summed E-state index contributed by atoms with van der Waals surface area (Å²) in [5.74, 6) is -0.243. The van der Waals surface area contributed by atoms with Crippen molar-refractivity contribution in [2.75, 3.05) is 0 Å². The molecule has 2 aromatic carbocycles. The van der Waals surface area contributed by atoms with Crippen molar-refractivity contribution in [3.05, 3.63) is 59.0 Å². The summed E-state index contributed by atoms with van der Waals surface area (Å²) in [6, 6.07) is 12.2. The number of aromatic nitrogens is 2. The van der Waals surface area contributed by atoms with Gasteiger partial charge in [-0.05, 0) is 42.5 Å². The molecule has 0 saturated heterocycles. The third-order valence-corrected chi connectivity index (χ3v) is 3.09. The van der Waals surface area contributed by atoms with E-state index in [4.69, 9.17) is 0 Å². The van der Waals surface area contributed by atoms with Crippen LogP contribution in [0.5, 0.6) is 0 Å². The smallest absolute Gasteiger partial charge is 0.123 e. The summed E-state index contributed by atoms with van der Waals surface area (Å²) in [4.78, 5) is 0. The molecular weight excluding hydrogens is 283 g/mol. The van der Waals surface area contributed by atoms with Gasteiger partial charge in [0.15, 0.2) is 0 Å². The Labute approximate surface area is 106 Å². The van der Waals surface area contributed by atoms with Crippen LogP contribution in [0.4, 0.5) is 4.39 Å². The highest BCUT2D eigenvalue weighted by Crippen LogP contribution is 2.22. The average Bonchev–Trinajstić information content (AvgIpc) is 2.73. The molecule has 3 aromatic rings. The van der Waals surface area contributed by atoms with E-state index in [1.165, 1.54) is 12.1 Å². The summed E-state index contributed by atoms with van der Waals surface area (Å²) in [6.45, 7) is 0. The first kappa shape index (κ1) is 10.5. The van der Waals surface area contributed by atoms with Crippen LogP contribution in [0.15, 0.2) is 53.1 Å². The first-order valence-corrected chi connectivity index (χ1v) is 5.92. The van der Waals surface area contributed by atoms with Crippen LogP contribution < -0.4 is 0 Å². The van der Waals surface area contributed by atoms with Crippen molar-refractivity contribution in [2.24, 2.45) is 0 Å². The van der Waals surface area contributed by atoms with Crippen molar-refractivity contribution >= 4 is 26.8 Å². The van der Waals surface area contributed by atoms with Gasteiger partial charge in [0.25, 0.3) is 0 Å². The first-order valence-electron chi connectivity index (χ1n) is 5.13. The molecule has 0 radical (unpaired) electrons. The van der Waals surface area contributed by atoms with Gasteiger partial charge in [-0.25, -0.2) is 9.07 Å². The van der Waals surface area contributed by atoms with Crippen LogP contribution in [-0.4, -0.2) is 9.78 Å². The monoisotopic (exact) mass is 290 g/mol. The third-order valence-electron chi connectivity index (χ3n) is 2.60. The van der Waals surface area contributed by atoms with Crippen LogP contribution in [0.2, 0.25) is 0 Å². The molecule has 0 unspecified atom stereocenters. The number of benzene rings is 2. The van der Waals surface area contributed by atoms with E-state index in [0.717, 1.165) is 21.1 Å². The zero-order chi connectivity index (χ0) is 11.8. The lowest BCUT2D eigenvalue weighted by Gasteiger charge is -2.03. The summed E-state index contributed by atoms with van der Waals surface area (Å²) in [5.41, 5.74) is 1.85. The lowest BCUT2D eigenvalue weighted by Crippen LogP contribution is -1.95. The van der Waals surface area contributed by atoms with E-state index in [1.807, 2.05) is 18.2 Å². The van der Waals surface area contributed by atoms with Gasteiger partial charge in [-0.3, -0.25) is 0 Å². The number of hydrogen-bond donors (Lipinski definition) is 0. The molecule has 0 atom stereocenters. The fourth-order valence-corrected chi connectivity index (χ4v) is 2.17. The van der Waals surface area contributed by atoms with Gasteiger partial charge in [-0.2, -0.15) is 5.10 Å². The molecule has 0 saturated carbocycles. The fourth-order valence-electron chi connectivity index (χ4n) is 1.79. The summed E-state index contributed by atoms with van der Waals surface area (Å²) in [7, 11) is 0. The normalized spacial score (nSPS) is 10.9. The van der Waals surface area contributed by atoms with Crippen LogP contribution in [-0.2, 0) is 0 Å². The van der Waals surface area contributed by atoms with Crippen LogP contribution >= 0.6 is 15.9 Å². The van der Waals surface area contributed by atoms with Crippen molar-refractivity contribution in [3.8, 4) is 5.69 Å². The number of fused-ring (bicyclic) bond motifs is 1. The third kappa shape index (κ3) is 1.85. The van der Waals surface area contributed by atoms with Crippen molar-refractivity contribution in [1.82, 2.24) is 9.78 Å². The van der Waals surface area contributed by atoms with Crippen LogP contribution in [0, 0.1) is 5.82 Å². The largest absolute Gasteiger partial charge is 0.233 e. The van der Waals surface area contributed by atoms with Gasteiger partial charge in [0.05, 0.1) is 17.4 Å². The van der Waals surface area contributed by atoms with Gasteiger partial charge in [0, 0.05) is 9.86 Å². The van der Waals surface area contributed by atoms with E-state index in [9.17, 15) is 4.39 Å². The maximum Gasteiger partial charge on any atom is 0.123 e. The molecule has 3 rings (SSSR count). The van der Waals surface area contributed by atoms with Gasteiger partial charge in [-0.15, -0.1) is 0 Å². The molecule has 0 amide bonds. The molecule has 1 heterocycles. The van der Waals surface area contributed by atoms with Gasteiger partial charge < -0.3 is 0 Å². The lowest BCUT2D eigenvalue weighted by atomic mass is 10.2. The highest BCUT2D eigenvalue weighted by molar-refractivity contribution is 9.10. The lowest BCUT2D eigenvalue weighted by molar-refractivity contribution is 0.627.